The molecule has 2 N–H and O–H groups in total. The maximum Gasteiger partial charge on any atom is 0.405 e. The maximum atomic E-state index is 11.8. The maximum absolute atomic E-state index is 11.8. The molecule has 1 rings (SSSR count). The highest BCUT2D eigenvalue weighted by Gasteiger charge is 2.27. The van der Waals surface area contributed by atoms with Crippen LogP contribution in [0.25, 0.3) is 0 Å². The molecule has 1 heterocycles. The average molecular weight is 278 g/mol. The summed E-state index contributed by atoms with van der Waals surface area (Å²) in [4.78, 5) is 33.4. The van der Waals surface area contributed by atoms with Crippen molar-refractivity contribution >= 4 is 11.9 Å². The van der Waals surface area contributed by atoms with E-state index in [4.69, 9.17) is 5.11 Å². The zero-order chi connectivity index (χ0) is 14.6. The first-order chi connectivity index (χ1) is 8.70. The summed E-state index contributed by atoms with van der Waals surface area (Å²) in [5, 5.41) is 10.2. The molecule has 1 aromatic rings. The number of carboxylic acids is 1. The Hall–Kier alpha value is -2.32. The van der Waals surface area contributed by atoms with Gasteiger partial charge in [0.2, 0.25) is 5.91 Å². The molecule has 0 aliphatic heterocycles. The number of rotatable bonds is 4. The number of carbonyl (C=O) groups excluding carboxylic acids is 1. The summed E-state index contributed by atoms with van der Waals surface area (Å²) < 4.78 is 36.2. The van der Waals surface area contributed by atoms with E-state index in [1.807, 2.05) is 0 Å². The molecular formula is C10H9F3N2O4. The zero-order valence-corrected chi connectivity index (χ0v) is 9.40. The summed E-state index contributed by atoms with van der Waals surface area (Å²) in [7, 11) is 0. The average Bonchev–Trinajstić information content (AvgIpc) is 2.28. The number of aromatic nitrogens is 1. The molecule has 0 fully saturated rings. The van der Waals surface area contributed by atoms with Crippen molar-refractivity contribution in [2.24, 2.45) is 0 Å². The number of nitrogens with zero attached hydrogens (tertiary/aromatic N) is 1. The molecule has 0 aliphatic carbocycles. The number of aromatic carboxylic acids is 1. The predicted octanol–water partition coefficient (Wildman–Crippen LogP) is 0.225. The van der Waals surface area contributed by atoms with E-state index >= 15 is 0 Å². The first-order valence-corrected chi connectivity index (χ1v) is 4.97. The van der Waals surface area contributed by atoms with E-state index in [0.717, 1.165) is 16.8 Å². The minimum atomic E-state index is -4.55. The Kier molecular flexibility index (Phi) is 4.30. The number of carbonyl (C=O) groups is 2. The SMILES string of the molecule is O=C(Cn1cccc(C(=O)O)c1=O)NCC(F)(F)F. The predicted molar refractivity (Wildman–Crippen MR) is 56.7 cm³/mol. The minimum Gasteiger partial charge on any atom is -0.477 e. The molecule has 0 aliphatic rings. The molecule has 104 valence electrons. The van der Waals surface area contributed by atoms with Crippen LogP contribution < -0.4 is 10.9 Å². The van der Waals surface area contributed by atoms with Crippen LogP contribution in [0.5, 0.6) is 0 Å². The summed E-state index contributed by atoms with van der Waals surface area (Å²) >= 11 is 0. The quantitative estimate of drug-likeness (QED) is 0.825. The Morgan fingerprint density at radius 2 is 2.00 bits per heavy atom. The number of nitrogens with one attached hydrogen (secondary N) is 1. The van der Waals surface area contributed by atoms with Crippen molar-refractivity contribution in [3.63, 3.8) is 0 Å². The largest absolute Gasteiger partial charge is 0.477 e. The van der Waals surface area contributed by atoms with Gasteiger partial charge in [0.15, 0.2) is 0 Å². The van der Waals surface area contributed by atoms with Crippen LogP contribution in [0.1, 0.15) is 10.4 Å². The van der Waals surface area contributed by atoms with Crippen LogP contribution >= 0.6 is 0 Å². The van der Waals surface area contributed by atoms with Crippen molar-refractivity contribution in [1.82, 2.24) is 9.88 Å². The molecule has 9 heteroatoms. The number of carboxylic acid groups (broad SMARTS) is 1. The molecule has 1 aromatic heterocycles. The van der Waals surface area contributed by atoms with Gasteiger partial charge in [0, 0.05) is 6.20 Å². The number of amides is 1. The Morgan fingerprint density at radius 1 is 1.37 bits per heavy atom. The van der Waals surface area contributed by atoms with Gasteiger partial charge in [-0.25, -0.2) is 4.79 Å². The van der Waals surface area contributed by atoms with Crippen LogP contribution in [-0.4, -0.2) is 34.3 Å². The zero-order valence-electron chi connectivity index (χ0n) is 9.40. The fraction of sp³-hybridized carbons (Fsp3) is 0.300. The summed E-state index contributed by atoms with van der Waals surface area (Å²) in [6.07, 6.45) is -3.44. The first kappa shape index (κ1) is 14.7. The molecule has 0 bridgehead atoms. The van der Waals surface area contributed by atoms with Crippen molar-refractivity contribution in [1.29, 1.82) is 0 Å². The van der Waals surface area contributed by atoms with Gasteiger partial charge in [-0.05, 0) is 12.1 Å². The second kappa shape index (κ2) is 5.55. The molecule has 0 radical (unpaired) electrons. The van der Waals surface area contributed by atoms with Crippen molar-refractivity contribution in [2.45, 2.75) is 12.7 Å². The highest BCUT2D eigenvalue weighted by atomic mass is 19.4. The lowest BCUT2D eigenvalue weighted by Gasteiger charge is -2.09. The topological polar surface area (TPSA) is 88.4 Å². The Labute approximate surface area is 104 Å². The van der Waals surface area contributed by atoms with E-state index in [-0.39, 0.29) is 0 Å². The van der Waals surface area contributed by atoms with Crippen molar-refractivity contribution in [2.75, 3.05) is 6.54 Å². The smallest absolute Gasteiger partial charge is 0.405 e. The monoisotopic (exact) mass is 278 g/mol. The molecule has 1 amide bonds. The normalized spacial score (nSPS) is 11.1. The van der Waals surface area contributed by atoms with Crippen LogP contribution in [0.2, 0.25) is 0 Å². The second-order valence-electron chi connectivity index (χ2n) is 3.55. The van der Waals surface area contributed by atoms with Crippen LogP contribution in [0.4, 0.5) is 13.2 Å². The highest BCUT2D eigenvalue weighted by Crippen LogP contribution is 2.11. The Bertz CT molecular complexity index is 550. The van der Waals surface area contributed by atoms with E-state index in [0.29, 0.717) is 0 Å². The third-order valence-electron chi connectivity index (χ3n) is 2.05. The van der Waals surface area contributed by atoms with Gasteiger partial charge in [-0.1, -0.05) is 0 Å². The molecule has 0 saturated heterocycles. The third-order valence-corrected chi connectivity index (χ3v) is 2.05. The minimum absolute atomic E-state index is 0.564. The molecule has 0 unspecified atom stereocenters. The van der Waals surface area contributed by atoms with Gasteiger partial charge < -0.3 is 15.0 Å². The van der Waals surface area contributed by atoms with Crippen molar-refractivity contribution in [3.8, 4) is 0 Å². The van der Waals surface area contributed by atoms with Gasteiger partial charge in [0.25, 0.3) is 5.56 Å². The number of alkyl halides is 3. The van der Waals surface area contributed by atoms with E-state index in [9.17, 15) is 27.6 Å². The molecule has 0 atom stereocenters. The fourth-order valence-electron chi connectivity index (χ4n) is 1.23. The van der Waals surface area contributed by atoms with Crippen LogP contribution in [0.15, 0.2) is 23.1 Å². The van der Waals surface area contributed by atoms with E-state index in [1.54, 1.807) is 5.32 Å². The number of hydrogen-bond donors (Lipinski definition) is 2. The number of pyridine rings is 1. The van der Waals surface area contributed by atoms with E-state index < -0.39 is 42.3 Å². The van der Waals surface area contributed by atoms with Gasteiger partial charge in [-0.15, -0.1) is 0 Å². The molecule has 0 saturated carbocycles. The Balaban J connectivity index is 2.78. The highest BCUT2D eigenvalue weighted by molar-refractivity contribution is 5.87. The fourth-order valence-corrected chi connectivity index (χ4v) is 1.23. The van der Waals surface area contributed by atoms with Crippen molar-refractivity contribution in [3.05, 3.63) is 34.2 Å². The third kappa shape index (κ3) is 4.45. The van der Waals surface area contributed by atoms with E-state index in [1.165, 1.54) is 6.07 Å². The van der Waals surface area contributed by atoms with Crippen LogP contribution in [0.3, 0.4) is 0 Å². The van der Waals surface area contributed by atoms with E-state index in [2.05, 4.69) is 0 Å². The Morgan fingerprint density at radius 3 is 2.53 bits per heavy atom. The van der Waals surface area contributed by atoms with Crippen LogP contribution in [-0.2, 0) is 11.3 Å². The number of hydrogen-bond acceptors (Lipinski definition) is 3. The standard InChI is InChI=1S/C10H9F3N2O4/c11-10(12,13)5-14-7(16)4-15-3-1-2-6(8(15)17)9(18)19/h1-3H,4-5H2,(H,14,16)(H,18,19). The summed E-state index contributed by atoms with van der Waals surface area (Å²) in [6, 6.07) is 2.25. The van der Waals surface area contributed by atoms with Gasteiger partial charge in [0.1, 0.15) is 18.7 Å². The van der Waals surface area contributed by atoms with Gasteiger partial charge in [-0.2, -0.15) is 13.2 Å². The molecule has 19 heavy (non-hydrogen) atoms. The molecule has 0 aromatic carbocycles. The molecular weight excluding hydrogens is 269 g/mol. The lowest BCUT2D eigenvalue weighted by Crippen LogP contribution is -2.38. The summed E-state index contributed by atoms with van der Waals surface area (Å²) in [5.74, 6) is -2.52. The first-order valence-electron chi connectivity index (χ1n) is 4.97. The summed E-state index contributed by atoms with van der Waals surface area (Å²) in [5.41, 5.74) is -1.52. The van der Waals surface area contributed by atoms with Gasteiger partial charge in [-0.3, -0.25) is 9.59 Å². The lowest BCUT2D eigenvalue weighted by atomic mass is 10.3. The second-order valence-corrected chi connectivity index (χ2v) is 3.55. The summed E-state index contributed by atoms with van der Waals surface area (Å²) in [6.45, 7) is -2.20. The lowest BCUT2D eigenvalue weighted by molar-refractivity contribution is -0.138. The van der Waals surface area contributed by atoms with Gasteiger partial charge in [0.05, 0.1) is 0 Å². The molecule has 0 spiro atoms. The number of halogens is 3. The van der Waals surface area contributed by atoms with Gasteiger partial charge >= 0.3 is 12.1 Å². The van der Waals surface area contributed by atoms with Crippen molar-refractivity contribution < 1.29 is 27.9 Å². The molecule has 6 nitrogen and oxygen atoms in total. The van der Waals surface area contributed by atoms with Crippen LogP contribution in [0, 0.1) is 0 Å².